The van der Waals surface area contributed by atoms with Crippen LogP contribution >= 0.6 is 0 Å². The van der Waals surface area contributed by atoms with E-state index < -0.39 is 10.0 Å². The van der Waals surface area contributed by atoms with Gasteiger partial charge in [0.25, 0.3) is 0 Å². The molecular weight excluding hydrogens is 294 g/mol. The van der Waals surface area contributed by atoms with Crippen molar-refractivity contribution in [3.05, 3.63) is 0 Å². The third-order valence-electron chi connectivity index (χ3n) is 4.74. The van der Waals surface area contributed by atoms with Crippen molar-refractivity contribution in [1.29, 1.82) is 0 Å². The summed E-state index contributed by atoms with van der Waals surface area (Å²) >= 11 is 0. The molecule has 0 bridgehead atoms. The molecular formula is C18H37NO2S. The van der Waals surface area contributed by atoms with Gasteiger partial charge in [0, 0.05) is 6.54 Å². The van der Waals surface area contributed by atoms with Gasteiger partial charge in [0.2, 0.25) is 10.0 Å². The molecule has 0 aromatic rings. The van der Waals surface area contributed by atoms with Crippen LogP contribution in [0, 0.1) is 5.92 Å². The summed E-state index contributed by atoms with van der Waals surface area (Å²) in [5.41, 5.74) is 0. The SMILES string of the molecule is CCCCCCCC(CCCC)CCCNS(=O)(=O)C1CC1. The topological polar surface area (TPSA) is 46.2 Å². The predicted molar refractivity (Wildman–Crippen MR) is 95.6 cm³/mol. The van der Waals surface area contributed by atoms with Gasteiger partial charge in [-0.3, -0.25) is 0 Å². The summed E-state index contributed by atoms with van der Waals surface area (Å²) in [6.45, 7) is 5.14. The van der Waals surface area contributed by atoms with Gasteiger partial charge in [0.05, 0.1) is 5.25 Å². The van der Waals surface area contributed by atoms with Crippen molar-refractivity contribution in [2.75, 3.05) is 6.54 Å². The second-order valence-electron chi connectivity index (χ2n) is 6.99. The maximum Gasteiger partial charge on any atom is 0.214 e. The van der Waals surface area contributed by atoms with Crippen LogP contribution in [0.4, 0.5) is 0 Å². The number of rotatable bonds is 15. The molecule has 0 aromatic heterocycles. The molecule has 0 spiro atoms. The Morgan fingerprint density at radius 3 is 2.09 bits per heavy atom. The summed E-state index contributed by atoms with van der Waals surface area (Å²) in [7, 11) is -2.98. The van der Waals surface area contributed by atoms with Crippen LogP contribution in [0.25, 0.3) is 0 Å². The van der Waals surface area contributed by atoms with Gasteiger partial charge in [-0.2, -0.15) is 0 Å². The van der Waals surface area contributed by atoms with Crippen LogP contribution in [-0.4, -0.2) is 20.2 Å². The maximum absolute atomic E-state index is 11.8. The zero-order valence-electron chi connectivity index (χ0n) is 14.8. The van der Waals surface area contributed by atoms with Gasteiger partial charge >= 0.3 is 0 Å². The summed E-state index contributed by atoms with van der Waals surface area (Å²) in [5.74, 6) is 0.798. The zero-order chi connectivity index (χ0) is 16.3. The minimum atomic E-state index is -2.98. The standard InChI is InChI=1S/C18H37NO2S/c1-3-5-7-8-9-12-17(11-6-4-2)13-10-16-19-22(20,21)18-14-15-18/h17-19H,3-16H2,1-2H3. The fourth-order valence-electron chi connectivity index (χ4n) is 3.06. The number of unbranched alkanes of at least 4 members (excludes halogenated alkanes) is 5. The Morgan fingerprint density at radius 1 is 0.864 bits per heavy atom. The minimum Gasteiger partial charge on any atom is -0.215 e. The van der Waals surface area contributed by atoms with Crippen LogP contribution in [0.1, 0.15) is 97.3 Å². The lowest BCUT2D eigenvalue weighted by Gasteiger charge is -2.16. The van der Waals surface area contributed by atoms with Crippen molar-refractivity contribution in [1.82, 2.24) is 4.72 Å². The van der Waals surface area contributed by atoms with E-state index in [0.29, 0.717) is 6.54 Å². The fourth-order valence-corrected chi connectivity index (χ4v) is 4.48. The fraction of sp³-hybridized carbons (Fsp3) is 1.00. The predicted octanol–water partition coefficient (Wildman–Crippen LogP) is 5.02. The van der Waals surface area contributed by atoms with Gasteiger partial charge in [-0.25, -0.2) is 13.1 Å². The Balaban J connectivity index is 2.13. The van der Waals surface area contributed by atoms with Crippen LogP contribution in [0.3, 0.4) is 0 Å². The highest BCUT2D eigenvalue weighted by Gasteiger charge is 2.35. The highest BCUT2D eigenvalue weighted by molar-refractivity contribution is 7.90. The molecule has 0 amide bonds. The first kappa shape index (κ1) is 20.0. The number of nitrogens with one attached hydrogen (secondary N) is 1. The molecule has 4 heteroatoms. The van der Waals surface area contributed by atoms with E-state index in [1.807, 2.05) is 0 Å². The molecule has 1 unspecified atom stereocenters. The van der Waals surface area contributed by atoms with E-state index in [4.69, 9.17) is 0 Å². The molecule has 1 aliphatic rings. The molecule has 1 aliphatic carbocycles. The zero-order valence-corrected chi connectivity index (χ0v) is 15.6. The monoisotopic (exact) mass is 331 g/mol. The molecule has 0 heterocycles. The second-order valence-corrected chi connectivity index (χ2v) is 9.04. The molecule has 1 rings (SSSR count). The van der Waals surface area contributed by atoms with E-state index in [1.54, 1.807) is 0 Å². The van der Waals surface area contributed by atoms with E-state index >= 15 is 0 Å². The van der Waals surface area contributed by atoms with Crippen molar-refractivity contribution < 1.29 is 8.42 Å². The minimum absolute atomic E-state index is 0.0815. The van der Waals surface area contributed by atoms with Crippen molar-refractivity contribution in [2.24, 2.45) is 5.92 Å². The van der Waals surface area contributed by atoms with Crippen LogP contribution in [0.15, 0.2) is 0 Å². The molecule has 0 aliphatic heterocycles. The molecule has 1 atom stereocenters. The summed E-state index contributed by atoms with van der Waals surface area (Å²) in [5, 5.41) is -0.0815. The van der Waals surface area contributed by atoms with Crippen LogP contribution in [0.2, 0.25) is 0 Å². The Hall–Kier alpha value is -0.0900. The average molecular weight is 332 g/mol. The first-order chi connectivity index (χ1) is 10.6. The Morgan fingerprint density at radius 2 is 1.45 bits per heavy atom. The van der Waals surface area contributed by atoms with Crippen molar-refractivity contribution >= 4 is 10.0 Å². The largest absolute Gasteiger partial charge is 0.215 e. The first-order valence-electron chi connectivity index (χ1n) is 9.58. The molecule has 22 heavy (non-hydrogen) atoms. The van der Waals surface area contributed by atoms with E-state index in [9.17, 15) is 8.42 Å². The van der Waals surface area contributed by atoms with Gasteiger partial charge in [-0.1, -0.05) is 71.6 Å². The third-order valence-corrected chi connectivity index (χ3v) is 6.69. The number of sulfonamides is 1. The number of hydrogen-bond acceptors (Lipinski definition) is 2. The third kappa shape index (κ3) is 9.14. The van der Waals surface area contributed by atoms with Crippen LogP contribution < -0.4 is 4.72 Å². The van der Waals surface area contributed by atoms with Crippen LogP contribution in [-0.2, 0) is 10.0 Å². The lowest BCUT2D eigenvalue weighted by molar-refractivity contribution is 0.378. The normalized spacial score (nSPS) is 16.8. The van der Waals surface area contributed by atoms with E-state index in [1.165, 1.54) is 64.2 Å². The lowest BCUT2D eigenvalue weighted by atomic mass is 9.91. The molecule has 0 aromatic carbocycles. The molecule has 1 N–H and O–H groups in total. The van der Waals surface area contributed by atoms with Crippen molar-refractivity contribution in [2.45, 2.75) is 103 Å². The highest BCUT2D eigenvalue weighted by Crippen LogP contribution is 2.27. The van der Waals surface area contributed by atoms with E-state index in [0.717, 1.165) is 25.2 Å². The molecule has 132 valence electrons. The molecule has 0 radical (unpaired) electrons. The Labute approximate surface area is 138 Å². The number of hydrogen-bond donors (Lipinski definition) is 1. The maximum atomic E-state index is 11.8. The van der Waals surface area contributed by atoms with E-state index in [-0.39, 0.29) is 5.25 Å². The molecule has 0 saturated heterocycles. The molecule has 1 saturated carbocycles. The second kappa shape index (κ2) is 11.4. The smallest absolute Gasteiger partial charge is 0.214 e. The first-order valence-corrected chi connectivity index (χ1v) is 11.1. The summed E-state index contributed by atoms with van der Waals surface area (Å²) in [4.78, 5) is 0. The lowest BCUT2D eigenvalue weighted by Crippen LogP contribution is -2.28. The average Bonchev–Trinajstić information content (AvgIpc) is 3.33. The summed E-state index contributed by atoms with van der Waals surface area (Å²) in [6.07, 6.45) is 15.9. The van der Waals surface area contributed by atoms with Crippen molar-refractivity contribution in [3.8, 4) is 0 Å². The van der Waals surface area contributed by atoms with Crippen LogP contribution in [0.5, 0.6) is 0 Å². The quantitative estimate of drug-likeness (QED) is 0.428. The summed E-state index contributed by atoms with van der Waals surface area (Å²) in [6, 6.07) is 0. The van der Waals surface area contributed by atoms with Gasteiger partial charge in [-0.15, -0.1) is 0 Å². The van der Waals surface area contributed by atoms with Gasteiger partial charge in [0.1, 0.15) is 0 Å². The van der Waals surface area contributed by atoms with Gasteiger partial charge in [0.15, 0.2) is 0 Å². The van der Waals surface area contributed by atoms with Gasteiger partial charge in [-0.05, 0) is 31.6 Å². The Bertz CT molecular complexity index is 363. The Kier molecular flexibility index (Phi) is 10.4. The molecule has 1 fully saturated rings. The van der Waals surface area contributed by atoms with Crippen molar-refractivity contribution in [3.63, 3.8) is 0 Å². The summed E-state index contributed by atoms with van der Waals surface area (Å²) < 4.78 is 26.3. The molecule has 3 nitrogen and oxygen atoms in total. The van der Waals surface area contributed by atoms with E-state index in [2.05, 4.69) is 18.6 Å². The van der Waals surface area contributed by atoms with Gasteiger partial charge < -0.3 is 0 Å². The highest BCUT2D eigenvalue weighted by atomic mass is 32.2.